The van der Waals surface area contributed by atoms with Crippen LogP contribution in [0.2, 0.25) is 0 Å². The van der Waals surface area contributed by atoms with Crippen LogP contribution < -0.4 is 25.4 Å². The number of carbonyl (C=O) groups is 2. The number of carbonyl (C=O) groups excluding carboxylic acids is 2. The number of hydrogen-bond acceptors (Lipinski definition) is 5. The summed E-state index contributed by atoms with van der Waals surface area (Å²) in [6, 6.07) is 23.9. The average molecular weight is 462 g/mol. The predicted molar refractivity (Wildman–Crippen MR) is 135 cm³/mol. The lowest BCUT2D eigenvalue weighted by Gasteiger charge is -2.14. The molecule has 3 N–H and O–H groups in total. The summed E-state index contributed by atoms with van der Waals surface area (Å²) < 4.78 is 11.5. The van der Waals surface area contributed by atoms with Gasteiger partial charge in [0.2, 0.25) is 5.91 Å². The summed E-state index contributed by atoms with van der Waals surface area (Å²) in [6.45, 7) is 3.53. The summed E-state index contributed by atoms with van der Waals surface area (Å²) in [5.74, 6) is 1.05. The lowest BCUT2D eigenvalue weighted by atomic mass is 10.2. The molecule has 3 rings (SSSR count). The number of anilines is 2. The van der Waals surface area contributed by atoms with E-state index in [1.165, 1.54) is 0 Å². The maximum atomic E-state index is 12.5. The van der Waals surface area contributed by atoms with Crippen molar-refractivity contribution in [1.82, 2.24) is 5.32 Å². The van der Waals surface area contributed by atoms with Crippen molar-refractivity contribution in [2.24, 2.45) is 0 Å². The first-order chi connectivity index (χ1) is 16.7. The van der Waals surface area contributed by atoms with Gasteiger partial charge in [0.25, 0.3) is 5.91 Å². The van der Waals surface area contributed by atoms with E-state index in [0.717, 1.165) is 18.6 Å². The predicted octanol–water partition coefficient (Wildman–Crippen LogP) is 4.72. The second-order valence-corrected chi connectivity index (χ2v) is 7.60. The minimum Gasteiger partial charge on any atom is -0.490 e. The quantitative estimate of drug-likeness (QED) is 0.321. The molecule has 7 nitrogen and oxygen atoms in total. The van der Waals surface area contributed by atoms with E-state index in [2.05, 4.69) is 22.9 Å². The molecule has 178 valence electrons. The number of hydrogen-bond donors (Lipinski definition) is 3. The summed E-state index contributed by atoms with van der Waals surface area (Å²) in [5, 5.41) is 8.81. The minimum atomic E-state index is -0.231. The van der Waals surface area contributed by atoms with Gasteiger partial charge in [-0.1, -0.05) is 49.7 Å². The fourth-order valence-electron chi connectivity index (χ4n) is 3.17. The fourth-order valence-corrected chi connectivity index (χ4v) is 3.17. The number of rotatable bonds is 13. The molecule has 0 heterocycles. The second kappa shape index (κ2) is 13.5. The van der Waals surface area contributed by atoms with Crippen molar-refractivity contribution in [3.63, 3.8) is 0 Å². The van der Waals surface area contributed by atoms with Crippen LogP contribution in [0.25, 0.3) is 0 Å². The zero-order valence-corrected chi connectivity index (χ0v) is 19.4. The van der Waals surface area contributed by atoms with E-state index in [0.29, 0.717) is 42.4 Å². The molecule has 0 aromatic heterocycles. The Morgan fingerprint density at radius 3 is 2.44 bits per heavy atom. The lowest BCUT2D eigenvalue weighted by Crippen LogP contribution is -2.25. The highest BCUT2D eigenvalue weighted by atomic mass is 16.5. The number of unbranched alkanes of at least 4 members (excludes halogenated alkanes) is 1. The van der Waals surface area contributed by atoms with Crippen molar-refractivity contribution in [2.75, 3.05) is 36.9 Å². The van der Waals surface area contributed by atoms with Crippen LogP contribution in [-0.2, 0) is 4.79 Å². The van der Waals surface area contributed by atoms with E-state index in [-0.39, 0.29) is 18.4 Å². The van der Waals surface area contributed by atoms with Crippen LogP contribution in [0.4, 0.5) is 11.4 Å². The Morgan fingerprint density at radius 1 is 0.853 bits per heavy atom. The van der Waals surface area contributed by atoms with Crippen molar-refractivity contribution in [2.45, 2.75) is 19.8 Å². The fraction of sp³-hybridized carbons (Fsp3) is 0.259. The van der Waals surface area contributed by atoms with Gasteiger partial charge in [0.1, 0.15) is 24.7 Å². The number of benzene rings is 3. The largest absolute Gasteiger partial charge is 0.490 e. The number of ether oxygens (including phenoxy) is 2. The molecule has 0 atom stereocenters. The Kier molecular flexibility index (Phi) is 9.80. The highest BCUT2D eigenvalue weighted by molar-refractivity contribution is 5.98. The van der Waals surface area contributed by atoms with Crippen LogP contribution in [-0.4, -0.2) is 38.1 Å². The number of amides is 2. The molecule has 7 heteroatoms. The maximum Gasteiger partial charge on any atom is 0.251 e. The zero-order valence-electron chi connectivity index (χ0n) is 19.4. The van der Waals surface area contributed by atoms with E-state index in [4.69, 9.17) is 9.47 Å². The van der Waals surface area contributed by atoms with Gasteiger partial charge >= 0.3 is 0 Å². The van der Waals surface area contributed by atoms with E-state index >= 15 is 0 Å². The average Bonchev–Trinajstić information content (AvgIpc) is 2.87. The van der Waals surface area contributed by atoms with E-state index in [1.807, 2.05) is 54.6 Å². The first-order valence-electron chi connectivity index (χ1n) is 11.5. The second-order valence-electron chi connectivity index (χ2n) is 7.60. The Morgan fingerprint density at radius 2 is 1.62 bits per heavy atom. The van der Waals surface area contributed by atoms with Gasteiger partial charge in [-0.25, -0.2) is 0 Å². The molecule has 0 radical (unpaired) electrons. The summed E-state index contributed by atoms with van der Waals surface area (Å²) in [5.41, 5.74) is 1.79. The monoisotopic (exact) mass is 461 g/mol. The van der Waals surface area contributed by atoms with Crippen LogP contribution in [0.1, 0.15) is 30.1 Å². The Hall–Kier alpha value is -4.00. The Labute approximate surface area is 200 Å². The lowest BCUT2D eigenvalue weighted by molar-refractivity contribution is -0.114. The summed E-state index contributed by atoms with van der Waals surface area (Å²) in [6.07, 6.45) is 1.94. The third kappa shape index (κ3) is 8.16. The van der Waals surface area contributed by atoms with Crippen molar-refractivity contribution < 1.29 is 19.1 Å². The van der Waals surface area contributed by atoms with Gasteiger partial charge in [-0.15, -0.1) is 0 Å². The normalized spacial score (nSPS) is 10.3. The molecule has 0 spiro atoms. The summed E-state index contributed by atoms with van der Waals surface area (Å²) in [4.78, 5) is 24.7. The molecule has 3 aromatic rings. The molecule has 34 heavy (non-hydrogen) atoms. The number of nitrogens with one attached hydrogen (secondary N) is 3. The standard InChI is InChI=1S/C27H31N3O4/c1-2-3-16-28-27(32)21-10-9-11-22(19-21)30-26(31)20-29-24-14-7-8-15-25(24)34-18-17-33-23-12-5-4-6-13-23/h4-15,19,29H,2-3,16-18,20H2,1H3,(H,28,32)(H,30,31). The minimum absolute atomic E-state index is 0.0494. The number of para-hydroxylation sites is 3. The van der Waals surface area contributed by atoms with Gasteiger partial charge in [0, 0.05) is 17.8 Å². The first kappa shape index (κ1) is 24.6. The van der Waals surface area contributed by atoms with Crippen molar-refractivity contribution >= 4 is 23.2 Å². The summed E-state index contributed by atoms with van der Waals surface area (Å²) in [7, 11) is 0. The van der Waals surface area contributed by atoms with Gasteiger partial charge in [0.15, 0.2) is 0 Å². The molecule has 0 unspecified atom stereocenters. The zero-order chi connectivity index (χ0) is 24.0. The molecule has 0 aliphatic rings. The van der Waals surface area contributed by atoms with Gasteiger partial charge in [-0.2, -0.15) is 0 Å². The highest BCUT2D eigenvalue weighted by Gasteiger charge is 2.09. The Bertz CT molecular complexity index is 1060. The van der Waals surface area contributed by atoms with Gasteiger partial charge < -0.3 is 25.4 Å². The van der Waals surface area contributed by atoms with Gasteiger partial charge in [0.05, 0.1) is 12.2 Å². The molecule has 0 fully saturated rings. The maximum absolute atomic E-state index is 12.5. The smallest absolute Gasteiger partial charge is 0.251 e. The van der Waals surface area contributed by atoms with Crippen LogP contribution in [0.15, 0.2) is 78.9 Å². The van der Waals surface area contributed by atoms with Crippen LogP contribution in [0, 0.1) is 0 Å². The molecular weight excluding hydrogens is 430 g/mol. The molecule has 0 saturated heterocycles. The first-order valence-corrected chi connectivity index (χ1v) is 11.5. The van der Waals surface area contributed by atoms with E-state index < -0.39 is 0 Å². The molecule has 0 aliphatic heterocycles. The van der Waals surface area contributed by atoms with E-state index in [1.54, 1.807) is 24.3 Å². The molecule has 0 bridgehead atoms. The van der Waals surface area contributed by atoms with Crippen LogP contribution in [0.3, 0.4) is 0 Å². The molecular formula is C27H31N3O4. The van der Waals surface area contributed by atoms with Crippen molar-refractivity contribution in [1.29, 1.82) is 0 Å². The van der Waals surface area contributed by atoms with E-state index in [9.17, 15) is 9.59 Å². The third-order valence-electron chi connectivity index (χ3n) is 4.90. The molecule has 3 aromatic carbocycles. The Balaban J connectivity index is 1.46. The van der Waals surface area contributed by atoms with Crippen molar-refractivity contribution in [3.05, 3.63) is 84.4 Å². The van der Waals surface area contributed by atoms with Gasteiger partial charge in [-0.05, 0) is 48.9 Å². The van der Waals surface area contributed by atoms with Crippen LogP contribution >= 0.6 is 0 Å². The third-order valence-corrected chi connectivity index (χ3v) is 4.90. The summed E-state index contributed by atoms with van der Waals surface area (Å²) >= 11 is 0. The van der Waals surface area contributed by atoms with Crippen molar-refractivity contribution in [3.8, 4) is 11.5 Å². The van der Waals surface area contributed by atoms with Gasteiger partial charge in [-0.3, -0.25) is 9.59 Å². The van der Waals surface area contributed by atoms with Crippen LogP contribution in [0.5, 0.6) is 11.5 Å². The SMILES string of the molecule is CCCCNC(=O)c1cccc(NC(=O)CNc2ccccc2OCCOc2ccccc2)c1. The molecule has 0 saturated carbocycles. The topological polar surface area (TPSA) is 88.7 Å². The molecule has 2 amide bonds. The highest BCUT2D eigenvalue weighted by Crippen LogP contribution is 2.23. The molecule has 0 aliphatic carbocycles.